The Balaban J connectivity index is 1.81. The van der Waals surface area contributed by atoms with Crippen LogP contribution in [0.3, 0.4) is 0 Å². The highest BCUT2D eigenvalue weighted by Crippen LogP contribution is 2.56. The Bertz CT molecular complexity index is 320. The molecule has 0 heteroatoms. The molecule has 0 aromatic carbocycles. The van der Waals surface area contributed by atoms with Crippen molar-refractivity contribution in [3.8, 4) is 0 Å². The van der Waals surface area contributed by atoms with Crippen molar-refractivity contribution in [3.63, 3.8) is 0 Å². The van der Waals surface area contributed by atoms with Gasteiger partial charge in [-0.25, -0.2) is 0 Å². The average molecular weight is 291 g/mol. The summed E-state index contributed by atoms with van der Waals surface area (Å²) in [6.07, 6.45) is 16.8. The Morgan fingerprint density at radius 2 is 1.57 bits per heavy atom. The fourth-order valence-electron chi connectivity index (χ4n) is 6.68. The summed E-state index contributed by atoms with van der Waals surface area (Å²) in [5, 5.41) is 0. The lowest BCUT2D eigenvalue weighted by Crippen LogP contribution is -2.43. The second-order valence-corrected chi connectivity index (χ2v) is 8.88. The molecule has 3 rings (SSSR count). The van der Waals surface area contributed by atoms with Crippen LogP contribution >= 0.6 is 0 Å². The molecule has 0 aromatic heterocycles. The second-order valence-electron chi connectivity index (χ2n) is 8.88. The van der Waals surface area contributed by atoms with Gasteiger partial charge in [-0.15, -0.1) is 0 Å². The van der Waals surface area contributed by atoms with Crippen LogP contribution in [0.2, 0.25) is 0 Å². The van der Waals surface area contributed by atoms with Crippen molar-refractivity contribution in [1.82, 2.24) is 0 Å². The number of unbranched alkanes of at least 4 members (excludes halogenated alkanes) is 1. The number of fused-ring (bicyclic) bond motifs is 1. The predicted molar refractivity (Wildman–Crippen MR) is 92.2 cm³/mol. The maximum absolute atomic E-state index is 2.61. The first-order valence-corrected chi connectivity index (χ1v) is 10.2. The van der Waals surface area contributed by atoms with Crippen molar-refractivity contribution < 1.29 is 0 Å². The van der Waals surface area contributed by atoms with E-state index in [2.05, 4.69) is 20.8 Å². The van der Waals surface area contributed by atoms with E-state index in [0.29, 0.717) is 0 Å². The summed E-state index contributed by atoms with van der Waals surface area (Å²) in [4.78, 5) is 0. The molecule has 0 N–H and O–H groups in total. The van der Waals surface area contributed by atoms with Gasteiger partial charge >= 0.3 is 0 Å². The van der Waals surface area contributed by atoms with Crippen molar-refractivity contribution >= 4 is 0 Å². The third kappa shape index (κ3) is 3.20. The Hall–Kier alpha value is 0. The molecule has 0 aromatic rings. The lowest BCUT2D eigenvalue weighted by Gasteiger charge is -2.50. The highest BCUT2D eigenvalue weighted by atomic mass is 14.5. The first-order valence-electron chi connectivity index (χ1n) is 10.2. The predicted octanol–water partition coefficient (Wildman–Crippen LogP) is 6.69. The normalized spacial score (nSPS) is 47.3. The van der Waals surface area contributed by atoms with E-state index in [1.54, 1.807) is 32.1 Å². The van der Waals surface area contributed by atoms with Gasteiger partial charge in [-0.3, -0.25) is 0 Å². The summed E-state index contributed by atoms with van der Waals surface area (Å²) in [7, 11) is 0. The van der Waals surface area contributed by atoms with Crippen molar-refractivity contribution in [2.45, 2.75) is 91.4 Å². The van der Waals surface area contributed by atoms with Gasteiger partial charge in [0.15, 0.2) is 0 Å². The molecule has 122 valence electrons. The molecule has 0 heterocycles. The topological polar surface area (TPSA) is 0 Å². The van der Waals surface area contributed by atoms with Gasteiger partial charge in [-0.1, -0.05) is 65.7 Å². The van der Waals surface area contributed by atoms with Crippen molar-refractivity contribution in [1.29, 1.82) is 0 Å². The standard InChI is InChI=1S/C21H38/c1-4-5-11-19-16(3)14-17-10-8-13-20(17)21(19)18-12-7-6-9-15(18)2/h15-21H,4-14H2,1-3H3. The van der Waals surface area contributed by atoms with Crippen LogP contribution in [-0.2, 0) is 0 Å². The monoisotopic (exact) mass is 290 g/mol. The van der Waals surface area contributed by atoms with E-state index in [9.17, 15) is 0 Å². The van der Waals surface area contributed by atoms with Crippen LogP contribution < -0.4 is 0 Å². The first-order chi connectivity index (χ1) is 10.2. The van der Waals surface area contributed by atoms with Crippen LogP contribution in [0.15, 0.2) is 0 Å². The quantitative estimate of drug-likeness (QED) is 0.541. The van der Waals surface area contributed by atoms with Crippen LogP contribution in [0.4, 0.5) is 0 Å². The van der Waals surface area contributed by atoms with E-state index in [-0.39, 0.29) is 0 Å². The fourth-order valence-corrected chi connectivity index (χ4v) is 6.68. The summed E-state index contributed by atoms with van der Waals surface area (Å²) < 4.78 is 0. The number of hydrogen-bond donors (Lipinski definition) is 0. The van der Waals surface area contributed by atoms with E-state index in [0.717, 1.165) is 41.4 Å². The second kappa shape index (κ2) is 7.05. The highest BCUT2D eigenvalue weighted by Gasteiger charge is 2.48. The van der Waals surface area contributed by atoms with E-state index in [1.165, 1.54) is 38.5 Å². The summed E-state index contributed by atoms with van der Waals surface area (Å²) >= 11 is 0. The van der Waals surface area contributed by atoms with Gasteiger partial charge in [-0.05, 0) is 67.1 Å². The Morgan fingerprint density at radius 1 is 0.810 bits per heavy atom. The van der Waals surface area contributed by atoms with E-state index in [4.69, 9.17) is 0 Å². The number of rotatable bonds is 4. The summed E-state index contributed by atoms with van der Waals surface area (Å²) in [6, 6.07) is 0. The van der Waals surface area contributed by atoms with Gasteiger partial charge < -0.3 is 0 Å². The van der Waals surface area contributed by atoms with Crippen LogP contribution in [0.5, 0.6) is 0 Å². The zero-order valence-corrected chi connectivity index (χ0v) is 14.8. The lowest BCUT2D eigenvalue weighted by molar-refractivity contribution is -0.0155. The molecule has 21 heavy (non-hydrogen) atoms. The summed E-state index contributed by atoms with van der Waals surface area (Å²) in [6.45, 7) is 7.57. The van der Waals surface area contributed by atoms with Crippen molar-refractivity contribution in [3.05, 3.63) is 0 Å². The van der Waals surface area contributed by atoms with Gasteiger partial charge in [0.1, 0.15) is 0 Å². The molecule has 0 saturated heterocycles. The largest absolute Gasteiger partial charge is 0.0654 e. The van der Waals surface area contributed by atoms with Crippen LogP contribution in [0, 0.1) is 41.4 Å². The SMILES string of the molecule is CCCCC1C(C)CC2CCCC2C1C1CCCCC1C. The maximum atomic E-state index is 2.61. The van der Waals surface area contributed by atoms with Gasteiger partial charge in [0, 0.05) is 0 Å². The van der Waals surface area contributed by atoms with Gasteiger partial charge in [0.25, 0.3) is 0 Å². The smallest absolute Gasteiger partial charge is 0.0321 e. The zero-order chi connectivity index (χ0) is 14.8. The van der Waals surface area contributed by atoms with E-state index >= 15 is 0 Å². The molecule has 0 amide bonds. The van der Waals surface area contributed by atoms with Gasteiger partial charge in [0.05, 0.1) is 0 Å². The molecule has 0 spiro atoms. The minimum absolute atomic E-state index is 1.01. The Kier molecular flexibility index (Phi) is 5.33. The summed E-state index contributed by atoms with van der Waals surface area (Å²) in [5.74, 6) is 7.49. The molecular weight excluding hydrogens is 252 g/mol. The number of hydrogen-bond acceptors (Lipinski definition) is 0. The third-order valence-electron chi connectivity index (χ3n) is 7.68. The highest BCUT2D eigenvalue weighted by molar-refractivity contribution is 4.97. The van der Waals surface area contributed by atoms with E-state index in [1.807, 2.05) is 0 Å². The molecule has 3 saturated carbocycles. The molecule has 7 unspecified atom stereocenters. The molecule has 0 radical (unpaired) electrons. The van der Waals surface area contributed by atoms with Crippen molar-refractivity contribution in [2.75, 3.05) is 0 Å². The third-order valence-corrected chi connectivity index (χ3v) is 7.68. The lowest BCUT2D eigenvalue weighted by atomic mass is 9.55. The molecule has 0 aliphatic heterocycles. The molecule has 7 atom stereocenters. The summed E-state index contributed by atoms with van der Waals surface area (Å²) in [5.41, 5.74) is 0. The van der Waals surface area contributed by atoms with Gasteiger partial charge in [0.2, 0.25) is 0 Å². The zero-order valence-electron chi connectivity index (χ0n) is 14.8. The van der Waals surface area contributed by atoms with Crippen LogP contribution in [0.1, 0.15) is 91.4 Å². The van der Waals surface area contributed by atoms with E-state index < -0.39 is 0 Å². The minimum Gasteiger partial charge on any atom is -0.0654 e. The maximum Gasteiger partial charge on any atom is -0.0321 e. The Labute approximate surface area is 133 Å². The molecular formula is C21H38. The molecule has 3 aliphatic rings. The van der Waals surface area contributed by atoms with Crippen LogP contribution in [0.25, 0.3) is 0 Å². The average Bonchev–Trinajstić information content (AvgIpc) is 2.93. The molecule has 0 nitrogen and oxygen atoms in total. The molecule has 3 aliphatic carbocycles. The molecule has 3 fully saturated rings. The van der Waals surface area contributed by atoms with Crippen LogP contribution in [-0.4, -0.2) is 0 Å². The first kappa shape index (κ1) is 15.9. The fraction of sp³-hybridized carbons (Fsp3) is 1.00. The molecule has 0 bridgehead atoms. The minimum atomic E-state index is 1.01. The van der Waals surface area contributed by atoms with Crippen molar-refractivity contribution in [2.24, 2.45) is 41.4 Å². The Morgan fingerprint density at radius 3 is 2.33 bits per heavy atom. The van der Waals surface area contributed by atoms with Gasteiger partial charge in [-0.2, -0.15) is 0 Å².